The highest BCUT2D eigenvalue weighted by Gasteiger charge is 2.23. The van der Waals surface area contributed by atoms with Crippen molar-refractivity contribution in [2.75, 3.05) is 11.4 Å². The van der Waals surface area contributed by atoms with Gasteiger partial charge in [0.2, 0.25) is 11.2 Å². The second kappa shape index (κ2) is 15.1. The fraction of sp³-hybridized carbons (Fsp3) is 0.209. The fourth-order valence-electron chi connectivity index (χ4n) is 7.60. The standard InChI is InChI=1S/C43H39ClN2O6S/c1-3-26-45-30(18-20-35-32-10-6-12-38(43(47)52-48)34(32)22-24-39(35)45)16-14-28-8-5-9-29(42(28)44)15-17-31-19-21-36-33-11-7-13-41(53(49,50)51)37(33)23-25-40(36)46(31)27-4-2/h6-7,10-25H,3-5,8-9,26-27H2,1-2H3,(H-,48,49,50,51)/p+1. The third kappa shape index (κ3) is 6.93. The normalized spacial score (nSPS) is 16.5. The Morgan fingerprint density at radius 3 is 2.42 bits per heavy atom. The Hall–Kier alpha value is -5.06. The van der Waals surface area contributed by atoms with E-state index >= 15 is 0 Å². The minimum Gasteiger partial charge on any atom is -0.341 e. The van der Waals surface area contributed by atoms with Crippen molar-refractivity contribution < 1.29 is 32.5 Å². The molecule has 2 aliphatic rings. The Morgan fingerprint density at radius 2 is 1.64 bits per heavy atom. The highest BCUT2D eigenvalue weighted by Crippen LogP contribution is 2.39. The number of aryl methyl sites for hydroxylation is 1. The second-order valence-corrected chi connectivity index (χ2v) is 15.1. The molecule has 270 valence electrons. The Kier molecular flexibility index (Phi) is 10.4. The first-order valence-electron chi connectivity index (χ1n) is 17.9. The molecule has 10 heteroatoms. The van der Waals surface area contributed by atoms with Gasteiger partial charge in [0.25, 0.3) is 10.1 Å². The van der Waals surface area contributed by atoms with Crippen molar-refractivity contribution in [2.45, 2.75) is 57.4 Å². The van der Waals surface area contributed by atoms with Crippen LogP contribution < -0.4 is 9.47 Å². The molecule has 0 radical (unpaired) electrons. The topological polar surface area (TPSA) is 108 Å². The third-order valence-corrected chi connectivity index (χ3v) is 11.4. The molecule has 1 aliphatic heterocycles. The van der Waals surface area contributed by atoms with Crippen LogP contribution in [0.15, 0.2) is 124 Å². The lowest BCUT2D eigenvalue weighted by molar-refractivity contribution is -0.673. The number of hydrogen-bond acceptors (Lipinski definition) is 6. The summed E-state index contributed by atoms with van der Waals surface area (Å²) in [5.41, 5.74) is 7.52. The summed E-state index contributed by atoms with van der Waals surface area (Å²) in [6, 6.07) is 22.0. The van der Waals surface area contributed by atoms with E-state index in [0.29, 0.717) is 16.3 Å². The molecule has 0 fully saturated rings. The van der Waals surface area contributed by atoms with Gasteiger partial charge in [-0.2, -0.15) is 18.2 Å². The van der Waals surface area contributed by atoms with Crippen molar-refractivity contribution in [3.8, 4) is 0 Å². The molecule has 4 aromatic carbocycles. The van der Waals surface area contributed by atoms with Crippen LogP contribution in [0.1, 0.15) is 67.6 Å². The van der Waals surface area contributed by atoms with Gasteiger partial charge in [-0.05, 0) is 95.5 Å². The number of halogens is 1. The number of rotatable bonds is 9. The van der Waals surface area contributed by atoms with Gasteiger partial charge in [-0.25, -0.2) is 4.79 Å². The van der Waals surface area contributed by atoms with E-state index in [1.165, 1.54) is 6.07 Å². The van der Waals surface area contributed by atoms with Crippen LogP contribution in [-0.2, 0) is 21.6 Å². The molecule has 0 bridgehead atoms. The minimum absolute atomic E-state index is 0.0969. The maximum atomic E-state index is 12.2. The highest BCUT2D eigenvalue weighted by molar-refractivity contribution is 7.86. The van der Waals surface area contributed by atoms with E-state index in [2.05, 4.69) is 64.7 Å². The fourth-order valence-corrected chi connectivity index (χ4v) is 8.62. The molecule has 2 heterocycles. The molecule has 5 aromatic rings. The first-order valence-corrected chi connectivity index (χ1v) is 19.7. The zero-order valence-corrected chi connectivity index (χ0v) is 31.1. The Morgan fingerprint density at radius 1 is 0.868 bits per heavy atom. The van der Waals surface area contributed by atoms with Gasteiger partial charge in [0.05, 0.1) is 10.9 Å². The molecule has 0 saturated heterocycles. The van der Waals surface area contributed by atoms with Crippen LogP contribution in [0.25, 0.3) is 44.6 Å². The van der Waals surface area contributed by atoms with E-state index < -0.39 is 16.1 Å². The monoisotopic (exact) mass is 747 g/mol. The van der Waals surface area contributed by atoms with E-state index in [9.17, 15) is 17.8 Å². The van der Waals surface area contributed by atoms with Crippen molar-refractivity contribution >= 4 is 78.0 Å². The summed E-state index contributed by atoms with van der Waals surface area (Å²) in [6.07, 6.45) is 17.2. The summed E-state index contributed by atoms with van der Waals surface area (Å²) in [5, 5.41) is 13.6. The van der Waals surface area contributed by atoms with Gasteiger partial charge in [0, 0.05) is 58.5 Å². The number of fused-ring (bicyclic) bond motifs is 6. The van der Waals surface area contributed by atoms with E-state index in [1.54, 1.807) is 24.3 Å². The molecule has 0 amide bonds. The number of pyridine rings is 1. The predicted molar refractivity (Wildman–Crippen MR) is 212 cm³/mol. The van der Waals surface area contributed by atoms with Crippen molar-refractivity contribution in [1.82, 2.24) is 0 Å². The molecule has 2 N–H and O–H groups in total. The first kappa shape index (κ1) is 36.3. The lowest BCUT2D eigenvalue weighted by Gasteiger charge is -2.31. The number of aromatic nitrogens is 1. The first-order chi connectivity index (χ1) is 25.6. The van der Waals surface area contributed by atoms with Crippen LogP contribution >= 0.6 is 11.6 Å². The Labute approximate surface area is 313 Å². The van der Waals surface area contributed by atoms with E-state index in [4.69, 9.17) is 16.9 Å². The van der Waals surface area contributed by atoms with Crippen LogP contribution in [0.2, 0.25) is 0 Å². The van der Waals surface area contributed by atoms with E-state index in [0.717, 1.165) is 106 Å². The van der Waals surface area contributed by atoms with Crippen LogP contribution in [0.4, 0.5) is 5.69 Å². The molecular formula is C43H40ClN2O6S+. The smallest absolute Gasteiger partial charge is 0.341 e. The van der Waals surface area contributed by atoms with Crippen molar-refractivity contribution in [2.24, 2.45) is 0 Å². The van der Waals surface area contributed by atoms with Crippen molar-refractivity contribution in [1.29, 1.82) is 0 Å². The highest BCUT2D eigenvalue weighted by atomic mass is 35.5. The summed E-state index contributed by atoms with van der Waals surface area (Å²) in [5.74, 6) is -0.787. The Bertz CT molecular complexity index is 2570. The zero-order valence-electron chi connectivity index (χ0n) is 29.6. The van der Waals surface area contributed by atoms with Gasteiger partial charge in [0.15, 0.2) is 0 Å². The van der Waals surface area contributed by atoms with Gasteiger partial charge >= 0.3 is 5.97 Å². The van der Waals surface area contributed by atoms with Gasteiger partial charge in [-0.1, -0.05) is 74.0 Å². The second-order valence-electron chi connectivity index (χ2n) is 13.3. The van der Waals surface area contributed by atoms with Gasteiger partial charge in [-0.15, -0.1) is 0 Å². The molecule has 0 spiro atoms. The number of hydrogen-bond donors (Lipinski definition) is 2. The number of benzene rings is 4. The van der Waals surface area contributed by atoms with Gasteiger partial charge in [-0.3, -0.25) is 9.44 Å². The Balaban J connectivity index is 1.22. The molecule has 53 heavy (non-hydrogen) atoms. The summed E-state index contributed by atoms with van der Waals surface area (Å²) in [6.45, 7) is 5.84. The SMILES string of the molecule is CCCN1/C(=C/C=C2\CCCC(/C=C/c3ccc4c5cccc(S(=O)(=O)O)c5ccc4[n+]3CCC)=C2Cl)C=Cc2c1ccc1c(C(=O)OO)cccc21. The third-order valence-electron chi connectivity index (χ3n) is 10.0. The summed E-state index contributed by atoms with van der Waals surface area (Å²) < 4.78 is 36.2. The maximum absolute atomic E-state index is 12.2. The molecule has 0 saturated carbocycles. The largest absolute Gasteiger partial charge is 0.373 e. The van der Waals surface area contributed by atoms with Crippen LogP contribution in [0.5, 0.6) is 0 Å². The number of anilines is 1. The molecule has 8 nitrogen and oxygen atoms in total. The summed E-state index contributed by atoms with van der Waals surface area (Å²) >= 11 is 7.11. The molecule has 1 aromatic heterocycles. The van der Waals surface area contributed by atoms with E-state index in [1.807, 2.05) is 42.5 Å². The molecule has 1 aliphatic carbocycles. The van der Waals surface area contributed by atoms with Crippen molar-refractivity contribution in [3.63, 3.8) is 0 Å². The summed E-state index contributed by atoms with van der Waals surface area (Å²) in [7, 11) is -4.37. The average molecular weight is 748 g/mol. The lowest BCUT2D eigenvalue weighted by atomic mass is 9.93. The van der Waals surface area contributed by atoms with Crippen molar-refractivity contribution in [3.05, 3.63) is 136 Å². The van der Waals surface area contributed by atoms with Crippen LogP contribution in [-0.4, -0.2) is 30.7 Å². The van der Waals surface area contributed by atoms with E-state index in [-0.39, 0.29) is 4.90 Å². The number of nitrogens with zero attached hydrogens (tertiary/aromatic N) is 2. The summed E-state index contributed by atoms with van der Waals surface area (Å²) in [4.78, 5) is 18.4. The molecule has 7 rings (SSSR count). The predicted octanol–water partition coefficient (Wildman–Crippen LogP) is 10.2. The quantitative estimate of drug-likeness (QED) is 0.0508. The van der Waals surface area contributed by atoms with Crippen LogP contribution in [0, 0.1) is 0 Å². The minimum atomic E-state index is -4.37. The van der Waals surface area contributed by atoms with Gasteiger partial charge < -0.3 is 4.90 Å². The maximum Gasteiger partial charge on any atom is 0.373 e. The zero-order chi connectivity index (χ0) is 37.3. The number of carbonyl (C=O) groups is 1. The van der Waals surface area contributed by atoms with Gasteiger partial charge in [0.1, 0.15) is 11.4 Å². The molecule has 0 unspecified atom stereocenters. The number of allylic oxidation sites excluding steroid dienone is 7. The van der Waals surface area contributed by atoms with Crippen LogP contribution in [0.3, 0.4) is 0 Å². The number of carbonyl (C=O) groups excluding carboxylic acids is 1. The average Bonchev–Trinajstić information content (AvgIpc) is 3.16. The lowest BCUT2D eigenvalue weighted by Crippen LogP contribution is -2.37. The molecular weight excluding hydrogens is 708 g/mol. The molecule has 0 atom stereocenters.